The first-order chi connectivity index (χ1) is 15.0. The monoisotopic (exact) mass is 501 g/mol. The molecule has 162 valence electrons. The maximum atomic E-state index is 10.6. The van der Waals surface area contributed by atoms with Gasteiger partial charge in [-0.25, -0.2) is 0 Å². The van der Waals surface area contributed by atoms with Crippen LogP contribution in [-0.4, -0.2) is 37.3 Å². The smallest absolute Gasteiger partial charge is 0.127 e. The Hall–Kier alpha value is -2.21. The van der Waals surface area contributed by atoms with Gasteiger partial charge in [0, 0.05) is 58.2 Å². The van der Waals surface area contributed by atoms with E-state index in [1.165, 1.54) is 5.56 Å². The summed E-state index contributed by atoms with van der Waals surface area (Å²) in [6, 6.07) is 19.5. The number of hydrogen-bond acceptors (Lipinski definition) is 4. The standard InChI is InChI=1S/C25H25BrClNO3/c1-30-18-9-7-16(25(12-18)31-2)13-28-14-21(19-5-3-4-6-23(19)26)22(15-28)20-11-17(27)8-10-24(20)29/h3-12,21-22,29H,13-15H2,1-2H3/t21-,22-/m1/s1. The topological polar surface area (TPSA) is 41.9 Å². The summed E-state index contributed by atoms with van der Waals surface area (Å²) in [4.78, 5) is 2.40. The fourth-order valence-corrected chi connectivity index (χ4v) is 5.23. The van der Waals surface area contributed by atoms with Crippen LogP contribution in [0.25, 0.3) is 0 Å². The number of phenols is 1. The van der Waals surface area contributed by atoms with E-state index >= 15 is 0 Å². The van der Waals surface area contributed by atoms with Gasteiger partial charge in [-0.15, -0.1) is 0 Å². The molecule has 2 atom stereocenters. The highest BCUT2D eigenvalue weighted by atomic mass is 79.9. The lowest BCUT2D eigenvalue weighted by atomic mass is 9.84. The van der Waals surface area contributed by atoms with E-state index in [1.807, 2.05) is 24.3 Å². The van der Waals surface area contributed by atoms with Gasteiger partial charge < -0.3 is 14.6 Å². The predicted octanol–water partition coefficient (Wildman–Crippen LogP) is 6.21. The molecule has 0 radical (unpaired) electrons. The van der Waals surface area contributed by atoms with Gasteiger partial charge in [-0.2, -0.15) is 0 Å². The number of nitrogens with zero attached hydrogens (tertiary/aromatic N) is 1. The molecule has 1 aliphatic rings. The second kappa shape index (κ2) is 9.51. The SMILES string of the molecule is COc1ccc(CN2C[C@H](c3cc(Cl)ccc3O)[C@@H](c3ccccc3Br)C2)c(OC)c1. The molecule has 0 saturated carbocycles. The quantitative estimate of drug-likeness (QED) is 0.435. The van der Waals surface area contributed by atoms with Gasteiger partial charge in [-0.05, 0) is 35.9 Å². The van der Waals surface area contributed by atoms with Gasteiger partial charge in [-0.3, -0.25) is 4.90 Å². The van der Waals surface area contributed by atoms with Gasteiger partial charge in [0.2, 0.25) is 0 Å². The second-order valence-corrected chi connectivity index (χ2v) is 9.10. The molecule has 3 aromatic carbocycles. The molecule has 0 aromatic heterocycles. The fraction of sp³-hybridized carbons (Fsp3) is 0.280. The van der Waals surface area contributed by atoms with Crippen molar-refractivity contribution in [1.82, 2.24) is 4.90 Å². The Bertz CT molecular complexity index is 1070. The Balaban J connectivity index is 1.68. The minimum atomic E-state index is 0.113. The van der Waals surface area contributed by atoms with Gasteiger partial charge in [0.1, 0.15) is 17.2 Å². The van der Waals surface area contributed by atoms with E-state index in [0.29, 0.717) is 5.02 Å². The number of aromatic hydroxyl groups is 1. The molecule has 31 heavy (non-hydrogen) atoms. The second-order valence-electron chi connectivity index (χ2n) is 7.81. The third-order valence-electron chi connectivity index (χ3n) is 5.98. The summed E-state index contributed by atoms with van der Waals surface area (Å²) < 4.78 is 12.0. The van der Waals surface area contributed by atoms with Crippen LogP contribution in [0.5, 0.6) is 17.2 Å². The van der Waals surface area contributed by atoms with E-state index in [2.05, 4.69) is 45.1 Å². The molecule has 0 spiro atoms. The number of hydrogen-bond donors (Lipinski definition) is 1. The van der Waals surface area contributed by atoms with E-state index in [0.717, 1.165) is 46.7 Å². The number of rotatable bonds is 6. The van der Waals surface area contributed by atoms with Crippen molar-refractivity contribution in [2.45, 2.75) is 18.4 Å². The highest BCUT2D eigenvalue weighted by molar-refractivity contribution is 9.10. The van der Waals surface area contributed by atoms with E-state index in [4.69, 9.17) is 21.1 Å². The zero-order valence-electron chi connectivity index (χ0n) is 17.5. The van der Waals surface area contributed by atoms with Crippen molar-refractivity contribution in [3.05, 3.63) is 86.8 Å². The average molecular weight is 503 g/mol. The largest absolute Gasteiger partial charge is 0.508 e. The number of phenolic OH excluding ortho intramolecular Hbond substituents is 1. The third kappa shape index (κ3) is 4.69. The van der Waals surface area contributed by atoms with Crippen LogP contribution in [0.4, 0.5) is 0 Å². The molecule has 1 fully saturated rings. The number of benzene rings is 3. The molecule has 0 aliphatic carbocycles. The summed E-state index contributed by atoms with van der Waals surface area (Å²) in [6.45, 7) is 2.40. The Morgan fingerprint density at radius 1 is 0.968 bits per heavy atom. The molecular formula is C25H25BrClNO3. The summed E-state index contributed by atoms with van der Waals surface area (Å²) in [7, 11) is 3.33. The average Bonchev–Trinajstić information content (AvgIpc) is 3.19. The molecular weight excluding hydrogens is 478 g/mol. The van der Waals surface area contributed by atoms with Crippen molar-refractivity contribution in [2.24, 2.45) is 0 Å². The molecule has 1 heterocycles. The first-order valence-corrected chi connectivity index (χ1v) is 11.3. The number of methoxy groups -OCH3 is 2. The van der Waals surface area contributed by atoms with Gasteiger partial charge in [0.25, 0.3) is 0 Å². The molecule has 0 bridgehead atoms. The zero-order chi connectivity index (χ0) is 22.0. The van der Waals surface area contributed by atoms with Crippen molar-refractivity contribution in [3.63, 3.8) is 0 Å². The minimum absolute atomic E-state index is 0.113. The summed E-state index contributed by atoms with van der Waals surface area (Å²) >= 11 is 10.0. The van der Waals surface area contributed by atoms with Crippen LogP contribution < -0.4 is 9.47 Å². The van der Waals surface area contributed by atoms with Crippen LogP contribution in [0, 0.1) is 0 Å². The van der Waals surface area contributed by atoms with Gasteiger partial charge in [0.15, 0.2) is 0 Å². The van der Waals surface area contributed by atoms with Crippen molar-refractivity contribution in [2.75, 3.05) is 27.3 Å². The number of halogens is 2. The molecule has 3 aromatic rings. The first kappa shape index (κ1) is 22.0. The Kier molecular flexibility index (Phi) is 6.75. The maximum absolute atomic E-state index is 10.6. The van der Waals surface area contributed by atoms with Crippen LogP contribution in [0.15, 0.2) is 65.1 Å². The molecule has 4 rings (SSSR count). The Morgan fingerprint density at radius 2 is 1.71 bits per heavy atom. The zero-order valence-corrected chi connectivity index (χ0v) is 19.9. The van der Waals surface area contributed by atoms with E-state index in [1.54, 1.807) is 26.4 Å². The fourth-order valence-electron chi connectivity index (χ4n) is 4.47. The molecule has 1 saturated heterocycles. The van der Waals surface area contributed by atoms with Gasteiger partial charge in [0.05, 0.1) is 14.2 Å². The van der Waals surface area contributed by atoms with Gasteiger partial charge in [-0.1, -0.05) is 51.8 Å². The van der Waals surface area contributed by atoms with Crippen LogP contribution in [0.3, 0.4) is 0 Å². The minimum Gasteiger partial charge on any atom is -0.508 e. The van der Waals surface area contributed by atoms with Crippen molar-refractivity contribution in [1.29, 1.82) is 0 Å². The molecule has 6 heteroatoms. The number of ether oxygens (including phenoxy) is 2. The van der Waals surface area contributed by atoms with E-state index in [9.17, 15) is 5.11 Å². The maximum Gasteiger partial charge on any atom is 0.127 e. The lowest BCUT2D eigenvalue weighted by Crippen LogP contribution is -2.20. The van der Waals surface area contributed by atoms with Crippen LogP contribution in [-0.2, 0) is 6.54 Å². The van der Waals surface area contributed by atoms with Gasteiger partial charge >= 0.3 is 0 Å². The van der Waals surface area contributed by atoms with Crippen molar-refractivity contribution in [3.8, 4) is 17.2 Å². The third-order valence-corrected chi connectivity index (χ3v) is 6.93. The van der Waals surface area contributed by atoms with Crippen molar-refractivity contribution < 1.29 is 14.6 Å². The van der Waals surface area contributed by atoms with Crippen LogP contribution in [0.1, 0.15) is 28.5 Å². The predicted molar refractivity (Wildman–Crippen MR) is 128 cm³/mol. The molecule has 0 unspecified atom stereocenters. The number of likely N-dealkylation sites (tertiary alicyclic amines) is 1. The highest BCUT2D eigenvalue weighted by Crippen LogP contribution is 2.45. The molecule has 1 N–H and O–H groups in total. The highest BCUT2D eigenvalue weighted by Gasteiger charge is 2.37. The molecule has 4 nitrogen and oxygen atoms in total. The first-order valence-electron chi connectivity index (χ1n) is 10.2. The lowest BCUT2D eigenvalue weighted by Gasteiger charge is -2.21. The summed E-state index contributed by atoms with van der Waals surface area (Å²) in [5.41, 5.74) is 3.22. The van der Waals surface area contributed by atoms with E-state index < -0.39 is 0 Å². The normalized spacial score (nSPS) is 18.8. The molecule has 1 aliphatic heterocycles. The summed E-state index contributed by atoms with van der Waals surface area (Å²) in [5.74, 6) is 2.20. The Labute approximate surface area is 196 Å². The van der Waals surface area contributed by atoms with Crippen molar-refractivity contribution >= 4 is 27.5 Å². The van der Waals surface area contributed by atoms with E-state index in [-0.39, 0.29) is 17.6 Å². The van der Waals surface area contributed by atoms with Crippen LogP contribution >= 0.6 is 27.5 Å². The lowest BCUT2D eigenvalue weighted by molar-refractivity contribution is 0.312. The summed E-state index contributed by atoms with van der Waals surface area (Å²) in [6.07, 6.45) is 0. The summed E-state index contributed by atoms with van der Waals surface area (Å²) in [5, 5.41) is 11.3. The molecule has 0 amide bonds. The Morgan fingerprint density at radius 3 is 2.42 bits per heavy atom. The van der Waals surface area contributed by atoms with Crippen LogP contribution in [0.2, 0.25) is 5.02 Å².